The summed E-state index contributed by atoms with van der Waals surface area (Å²) < 4.78 is 19.0. The van der Waals surface area contributed by atoms with Crippen LogP contribution in [0.3, 0.4) is 0 Å². The van der Waals surface area contributed by atoms with Crippen LogP contribution in [0.1, 0.15) is 48.8 Å². The summed E-state index contributed by atoms with van der Waals surface area (Å²) in [6.07, 6.45) is 6.62. The molecule has 2 aliphatic carbocycles. The second-order valence-corrected chi connectivity index (χ2v) is 8.87. The molecule has 1 saturated heterocycles. The van der Waals surface area contributed by atoms with Gasteiger partial charge in [-0.05, 0) is 61.8 Å². The molecule has 1 heterocycles. The first kappa shape index (κ1) is 21.6. The summed E-state index contributed by atoms with van der Waals surface area (Å²) in [4.78, 5) is 42.2. The molecule has 3 amide bonds. The van der Waals surface area contributed by atoms with Crippen molar-refractivity contribution in [1.29, 1.82) is 0 Å². The summed E-state index contributed by atoms with van der Waals surface area (Å²) in [5.74, 6) is -1.14. The summed E-state index contributed by atoms with van der Waals surface area (Å²) in [5.41, 5.74) is 1.16. The normalized spacial score (nSPS) is 22.5. The van der Waals surface area contributed by atoms with E-state index in [-0.39, 0.29) is 30.9 Å². The quantitative estimate of drug-likeness (QED) is 0.694. The lowest BCUT2D eigenvalue weighted by molar-refractivity contribution is -0.143. The van der Waals surface area contributed by atoms with Gasteiger partial charge in [-0.2, -0.15) is 0 Å². The van der Waals surface area contributed by atoms with E-state index in [0.29, 0.717) is 18.4 Å². The van der Waals surface area contributed by atoms with Crippen LogP contribution in [0.15, 0.2) is 48.5 Å². The Morgan fingerprint density at radius 2 is 1.85 bits per heavy atom. The van der Waals surface area contributed by atoms with Crippen molar-refractivity contribution in [3.8, 4) is 0 Å². The van der Waals surface area contributed by atoms with Gasteiger partial charge in [-0.15, -0.1) is 0 Å². The van der Waals surface area contributed by atoms with Crippen LogP contribution in [0.2, 0.25) is 0 Å². The second kappa shape index (κ2) is 8.61. The molecule has 3 aliphatic rings. The highest BCUT2D eigenvalue weighted by Crippen LogP contribution is 2.45. The van der Waals surface area contributed by atoms with Crippen LogP contribution in [0.25, 0.3) is 0 Å². The molecule has 2 fully saturated rings. The average molecular weight is 448 g/mol. The molecule has 0 aromatic heterocycles. The Morgan fingerprint density at radius 3 is 2.61 bits per heavy atom. The van der Waals surface area contributed by atoms with Crippen molar-refractivity contribution >= 4 is 17.9 Å². The number of carbonyl (C=O) groups is 3. The van der Waals surface area contributed by atoms with E-state index >= 15 is 0 Å². The first-order valence-electron chi connectivity index (χ1n) is 11.4. The molecule has 0 unspecified atom stereocenters. The van der Waals surface area contributed by atoms with Crippen LogP contribution < -0.4 is 0 Å². The van der Waals surface area contributed by atoms with E-state index in [1.54, 1.807) is 17.0 Å². The van der Waals surface area contributed by atoms with Crippen molar-refractivity contribution in [1.82, 2.24) is 9.80 Å². The van der Waals surface area contributed by atoms with Gasteiger partial charge in [0.2, 0.25) is 11.5 Å². The highest BCUT2D eigenvalue weighted by atomic mass is 19.1. The van der Waals surface area contributed by atoms with Gasteiger partial charge in [0, 0.05) is 24.6 Å². The number of aryl methyl sites for hydroxylation is 1. The number of benzene rings is 2. The first-order valence-corrected chi connectivity index (χ1v) is 11.4. The highest BCUT2D eigenvalue weighted by molar-refractivity contribution is 6.06. The lowest BCUT2D eigenvalue weighted by Crippen LogP contribution is -2.48. The minimum absolute atomic E-state index is 0.0290. The number of halogens is 1. The van der Waals surface area contributed by atoms with Gasteiger partial charge >= 0.3 is 6.09 Å². The molecule has 0 bridgehead atoms. The largest absolute Gasteiger partial charge is 0.427 e. The Morgan fingerprint density at radius 1 is 1.12 bits per heavy atom. The van der Waals surface area contributed by atoms with Gasteiger partial charge in [0.15, 0.2) is 0 Å². The van der Waals surface area contributed by atoms with Crippen molar-refractivity contribution < 1.29 is 23.5 Å². The first-order chi connectivity index (χ1) is 16.0. The standard InChI is InChI=1S/C26H25FN2O4/c27-20-12-10-18(11-13-20)16-28(21-7-2-1-3-8-21)23(30)17-29-24(31)26(33-25(29)32)15-14-19-6-4-5-9-22(19)26/h4-6,9-13,21H,2-3,7-8,14-17H2/t26-/m1/s1. The Labute approximate surface area is 192 Å². The molecule has 5 rings (SSSR count). The molecule has 2 radical (unpaired) electrons. The summed E-state index contributed by atoms with van der Waals surface area (Å²) in [7, 11) is 0. The zero-order chi connectivity index (χ0) is 23.0. The molecule has 1 atom stereocenters. The summed E-state index contributed by atoms with van der Waals surface area (Å²) >= 11 is 0. The second-order valence-electron chi connectivity index (χ2n) is 8.87. The molecular weight excluding hydrogens is 423 g/mol. The molecule has 33 heavy (non-hydrogen) atoms. The van der Waals surface area contributed by atoms with Gasteiger partial charge in [0.1, 0.15) is 12.4 Å². The van der Waals surface area contributed by atoms with E-state index in [2.05, 4.69) is 6.42 Å². The minimum Gasteiger partial charge on any atom is -0.427 e. The summed E-state index contributed by atoms with van der Waals surface area (Å²) in [6, 6.07) is 13.5. The number of rotatable bonds is 5. The fourth-order valence-electron chi connectivity index (χ4n) is 5.14. The zero-order valence-electron chi connectivity index (χ0n) is 18.3. The van der Waals surface area contributed by atoms with Gasteiger partial charge in [-0.25, -0.2) is 14.1 Å². The number of nitrogens with zero attached hydrogens (tertiary/aromatic N) is 2. The number of amides is 3. The maximum absolute atomic E-state index is 13.4. The van der Waals surface area contributed by atoms with Gasteiger partial charge in [0.05, 0.1) is 0 Å². The van der Waals surface area contributed by atoms with Crippen molar-refractivity contribution in [2.75, 3.05) is 6.54 Å². The molecule has 1 aliphatic heterocycles. The third kappa shape index (κ3) is 3.90. The molecule has 2 aromatic carbocycles. The monoisotopic (exact) mass is 448 g/mol. The molecule has 1 saturated carbocycles. The fourth-order valence-corrected chi connectivity index (χ4v) is 5.14. The lowest BCUT2D eigenvalue weighted by Gasteiger charge is -2.35. The van der Waals surface area contributed by atoms with E-state index in [1.165, 1.54) is 12.1 Å². The number of ether oxygens (including phenoxy) is 1. The molecule has 0 N–H and O–H groups in total. The molecule has 7 heteroatoms. The van der Waals surface area contributed by atoms with E-state index in [4.69, 9.17) is 4.74 Å². The predicted octanol–water partition coefficient (Wildman–Crippen LogP) is 4.00. The Balaban J connectivity index is 1.37. The van der Waals surface area contributed by atoms with Gasteiger partial charge in [0.25, 0.3) is 5.91 Å². The maximum atomic E-state index is 13.4. The molecule has 6 nitrogen and oxygen atoms in total. The van der Waals surface area contributed by atoms with Gasteiger partial charge < -0.3 is 9.64 Å². The zero-order valence-corrected chi connectivity index (χ0v) is 18.3. The Kier molecular flexibility index (Phi) is 5.64. The molecule has 170 valence electrons. The number of hydrogen-bond acceptors (Lipinski definition) is 4. The fraction of sp³-hybridized carbons (Fsp3) is 0.385. The molecule has 2 aromatic rings. The third-order valence-corrected chi connectivity index (χ3v) is 6.90. The van der Waals surface area contributed by atoms with Gasteiger partial charge in [-0.1, -0.05) is 36.4 Å². The molecule has 1 spiro atoms. The minimum atomic E-state index is -1.33. The number of imide groups is 1. The van der Waals surface area contributed by atoms with Crippen LogP contribution in [0, 0.1) is 12.2 Å². The van der Waals surface area contributed by atoms with Crippen molar-refractivity contribution in [2.45, 2.75) is 56.7 Å². The average Bonchev–Trinajstić information content (AvgIpc) is 3.32. The number of fused-ring (bicyclic) bond motifs is 2. The third-order valence-electron chi connectivity index (χ3n) is 6.90. The van der Waals surface area contributed by atoms with E-state index in [0.717, 1.165) is 41.7 Å². The topological polar surface area (TPSA) is 66.9 Å². The maximum Gasteiger partial charge on any atom is 0.418 e. The Hall–Kier alpha value is -3.22. The highest BCUT2D eigenvalue weighted by Gasteiger charge is 2.58. The van der Waals surface area contributed by atoms with Crippen LogP contribution >= 0.6 is 0 Å². The predicted molar refractivity (Wildman–Crippen MR) is 117 cm³/mol. The smallest absolute Gasteiger partial charge is 0.418 e. The van der Waals surface area contributed by atoms with Crippen molar-refractivity contribution in [3.05, 3.63) is 77.5 Å². The van der Waals surface area contributed by atoms with E-state index < -0.39 is 17.6 Å². The van der Waals surface area contributed by atoms with E-state index in [1.807, 2.05) is 24.3 Å². The van der Waals surface area contributed by atoms with Crippen LogP contribution in [0.4, 0.5) is 9.18 Å². The van der Waals surface area contributed by atoms with Crippen LogP contribution in [0.5, 0.6) is 0 Å². The van der Waals surface area contributed by atoms with E-state index in [9.17, 15) is 18.8 Å². The van der Waals surface area contributed by atoms with Crippen molar-refractivity contribution in [2.24, 2.45) is 0 Å². The lowest BCUT2D eigenvalue weighted by atomic mass is 9.93. The SMILES string of the molecule is O=C1O[C@@]2(CCc3ccccc32)C(=O)N1CC(=O)N(Cc1ccc(F)cc1)C1CC[C]CC1. The number of hydrogen-bond donors (Lipinski definition) is 0. The summed E-state index contributed by atoms with van der Waals surface area (Å²) in [5, 5.41) is 0. The van der Waals surface area contributed by atoms with Crippen LogP contribution in [-0.2, 0) is 32.9 Å². The molecular formula is C26H25FN2O4. The summed E-state index contributed by atoms with van der Waals surface area (Å²) in [6.45, 7) is -0.0818. The Bertz CT molecular complexity index is 1080. The van der Waals surface area contributed by atoms with Gasteiger partial charge in [-0.3, -0.25) is 9.59 Å². The van der Waals surface area contributed by atoms with Crippen molar-refractivity contribution in [3.63, 3.8) is 0 Å². The van der Waals surface area contributed by atoms with Crippen LogP contribution in [-0.4, -0.2) is 40.3 Å². The number of carbonyl (C=O) groups excluding carboxylic acids is 3.